The number of carboxylic acid groups (broad SMARTS) is 1. The number of hydrogen-bond acceptors (Lipinski definition) is 3. The first-order valence-corrected chi connectivity index (χ1v) is 4.99. The number of alkyl halides is 3. The Kier molecular flexibility index (Phi) is 7.92. The van der Waals surface area contributed by atoms with Gasteiger partial charge in [-0.1, -0.05) is 0 Å². The van der Waals surface area contributed by atoms with Crippen molar-refractivity contribution < 1.29 is 27.8 Å². The fraction of sp³-hybridized carbons (Fsp3) is 0.889. The third-order valence-corrected chi connectivity index (χ3v) is 1.68. The van der Waals surface area contributed by atoms with E-state index in [1.807, 2.05) is 0 Å². The predicted molar refractivity (Wildman–Crippen MR) is 51.2 cm³/mol. The van der Waals surface area contributed by atoms with Crippen LogP contribution >= 0.6 is 0 Å². The standard InChI is InChI=1S/C9H16F3NO3/c10-9(11,12)7-16-6-5-13-4-2-1-3-8(14)15/h13H,1-7H2,(H,14,15). The van der Waals surface area contributed by atoms with Gasteiger partial charge in [-0.15, -0.1) is 0 Å². The summed E-state index contributed by atoms with van der Waals surface area (Å²) in [6.07, 6.45) is -2.91. The molecule has 16 heavy (non-hydrogen) atoms. The van der Waals surface area contributed by atoms with Crippen LogP contribution in [0.2, 0.25) is 0 Å². The molecule has 0 aromatic heterocycles. The molecule has 2 N–H and O–H groups in total. The zero-order valence-electron chi connectivity index (χ0n) is 8.85. The monoisotopic (exact) mass is 243 g/mol. The second kappa shape index (κ2) is 8.35. The zero-order chi connectivity index (χ0) is 12.4. The maximum absolute atomic E-state index is 11.6. The first-order valence-electron chi connectivity index (χ1n) is 4.99. The Morgan fingerprint density at radius 2 is 1.94 bits per heavy atom. The van der Waals surface area contributed by atoms with E-state index in [1.54, 1.807) is 0 Å². The van der Waals surface area contributed by atoms with Crippen molar-refractivity contribution in [2.75, 3.05) is 26.3 Å². The summed E-state index contributed by atoms with van der Waals surface area (Å²) in [7, 11) is 0. The third-order valence-electron chi connectivity index (χ3n) is 1.68. The molecule has 0 saturated heterocycles. The van der Waals surface area contributed by atoms with Gasteiger partial charge in [0.2, 0.25) is 0 Å². The fourth-order valence-electron chi connectivity index (χ4n) is 0.983. The summed E-state index contributed by atoms with van der Waals surface area (Å²) in [5.41, 5.74) is 0. The molecule has 0 spiro atoms. The molecule has 0 bridgehead atoms. The molecule has 0 heterocycles. The van der Waals surface area contributed by atoms with Gasteiger partial charge in [0, 0.05) is 13.0 Å². The van der Waals surface area contributed by atoms with Gasteiger partial charge in [-0.3, -0.25) is 4.79 Å². The Bertz CT molecular complexity index is 197. The van der Waals surface area contributed by atoms with Gasteiger partial charge in [0.25, 0.3) is 0 Å². The maximum Gasteiger partial charge on any atom is 0.411 e. The molecule has 0 aromatic carbocycles. The van der Waals surface area contributed by atoms with Crippen molar-refractivity contribution in [1.29, 1.82) is 0 Å². The van der Waals surface area contributed by atoms with Crippen LogP contribution in [0.5, 0.6) is 0 Å². The number of aliphatic carboxylic acids is 1. The van der Waals surface area contributed by atoms with Gasteiger partial charge >= 0.3 is 12.1 Å². The fourth-order valence-corrected chi connectivity index (χ4v) is 0.983. The number of unbranched alkanes of at least 4 members (excludes halogenated alkanes) is 1. The number of carboxylic acids is 1. The summed E-state index contributed by atoms with van der Waals surface area (Å²) >= 11 is 0. The Morgan fingerprint density at radius 3 is 2.50 bits per heavy atom. The van der Waals surface area contributed by atoms with E-state index in [4.69, 9.17) is 5.11 Å². The Morgan fingerprint density at radius 1 is 1.25 bits per heavy atom. The number of rotatable bonds is 9. The number of halogens is 3. The van der Waals surface area contributed by atoms with Crippen LogP contribution in [0.3, 0.4) is 0 Å². The first kappa shape index (κ1) is 15.2. The van der Waals surface area contributed by atoms with Gasteiger partial charge in [-0.05, 0) is 19.4 Å². The first-order chi connectivity index (χ1) is 7.42. The zero-order valence-corrected chi connectivity index (χ0v) is 8.85. The molecule has 0 radical (unpaired) electrons. The molecule has 0 aliphatic carbocycles. The van der Waals surface area contributed by atoms with Gasteiger partial charge in [-0.25, -0.2) is 0 Å². The van der Waals surface area contributed by atoms with Crippen LogP contribution in [-0.4, -0.2) is 43.6 Å². The molecule has 0 rings (SSSR count). The van der Waals surface area contributed by atoms with Crippen molar-refractivity contribution in [3.05, 3.63) is 0 Å². The minimum Gasteiger partial charge on any atom is -0.481 e. The van der Waals surface area contributed by atoms with Crippen molar-refractivity contribution in [3.63, 3.8) is 0 Å². The second-order valence-corrected chi connectivity index (χ2v) is 3.27. The number of hydrogen-bond donors (Lipinski definition) is 2. The maximum atomic E-state index is 11.6. The van der Waals surface area contributed by atoms with E-state index in [1.165, 1.54) is 0 Å². The highest BCUT2D eigenvalue weighted by Gasteiger charge is 2.27. The van der Waals surface area contributed by atoms with E-state index in [0.717, 1.165) is 0 Å². The Hall–Kier alpha value is -0.820. The lowest BCUT2D eigenvalue weighted by Gasteiger charge is -2.08. The summed E-state index contributed by atoms with van der Waals surface area (Å²) < 4.78 is 39.2. The SMILES string of the molecule is O=C(O)CCCCNCCOCC(F)(F)F. The molecular weight excluding hydrogens is 227 g/mol. The largest absolute Gasteiger partial charge is 0.481 e. The molecule has 0 aromatic rings. The van der Waals surface area contributed by atoms with Crippen LogP contribution in [-0.2, 0) is 9.53 Å². The number of ether oxygens (including phenoxy) is 1. The normalized spacial score (nSPS) is 11.7. The quantitative estimate of drug-likeness (QED) is 0.601. The van der Waals surface area contributed by atoms with Crippen molar-refractivity contribution in [1.82, 2.24) is 5.32 Å². The molecule has 96 valence electrons. The second-order valence-electron chi connectivity index (χ2n) is 3.27. The van der Waals surface area contributed by atoms with Crippen molar-refractivity contribution in [2.45, 2.75) is 25.4 Å². The van der Waals surface area contributed by atoms with E-state index in [2.05, 4.69) is 10.1 Å². The number of nitrogens with one attached hydrogen (secondary N) is 1. The van der Waals surface area contributed by atoms with E-state index in [0.29, 0.717) is 25.9 Å². The molecule has 0 aliphatic heterocycles. The highest BCUT2D eigenvalue weighted by molar-refractivity contribution is 5.66. The average molecular weight is 243 g/mol. The number of carbonyl (C=O) groups is 1. The molecule has 0 saturated carbocycles. The van der Waals surface area contributed by atoms with Gasteiger partial charge in [-0.2, -0.15) is 13.2 Å². The van der Waals surface area contributed by atoms with Crippen LogP contribution in [0, 0.1) is 0 Å². The lowest BCUT2D eigenvalue weighted by Crippen LogP contribution is -2.24. The molecule has 0 atom stereocenters. The Balaban J connectivity index is 3.07. The van der Waals surface area contributed by atoms with Gasteiger partial charge in [0.05, 0.1) is 6.61 Å². The summed E-state index contributed by atoms with van der Waals surface area (Å²) in [5, 5.41) is 11.2. The van der Waals surface area contributed by atoms with E-state index < -0.39 is 18.8 Å². The molecular formula is C9H16F3NO3. The van der Waals surface area contributed by atoms with Crippen molar-refractivity contribution in [2.24, 2.45) is 0 Å². The molecule has 0 aliphatic rings. The molecule has 0 unspecified atom stereocenters. The predicted octanol–water partition coefficient (Wildman–Crippen LogP) is 1.41. The minimum absolute atomic E-state index is 0.00155. The lowest BCUT2D eigenvalue weighted by molar-refractivity contribution is -0.173. The lowest BCUT2D eigenvalue weighted by atomic mass is 10.2. The highest BCUT2D eigenvalue weighted by atomic mass is 19.4. The van der Waals surface area contributed by atoms with Gasteiger partial charge in [0.1, 0.15) is 6.61 Å². The summed E-state index contributed by atoms with van der Waals surface area (Å²) in [6, 6.07) is 0. The van der Waals surface area contributed by atoms with E-state index in [9.17, 15) is 18.0 Å². The van der Waals surface area contributed by atoms with Gasteiger partial charge in [0.15, 0.2) is 0 Å². The smallest absolute Gasteiger partial charge is 0.411 e. The molecule has 4 nitrogen and oxygen atoms in total. The van der Waals surface area contributed by atoms with Crippen LogP contribution in [0.25, 0.3) is 0 Å². The van der Waals surface area contributed by atoms with Crippen molar-refractivity contribution >= 4 is 5.97 Å². The molecule has 0 fully saturated rings. The van der Waals surface area contributed by atoms with E-state index >= 15 is 0 Å². The minimum atomic E-state index is -4.28. The summed E-state index contributed by atoms with van der Waals surface area (Å²) in [6.45, 7) is -0.308. The summed E-state index contributed by atoms with van der Waals surface area (Å²) in [4.78, 5) is 10.1. The highest BCUT2D eigenvalue weighted by Crippen LogP contribution is 2.13. The topological polar surface area (TPSA) is 58.6 Å². The van der Waals surface area contributed by atoms with Crippen molar-refractivity contribution in [3.8, 4) is 0 Å². The van der Waals surface area contributed by atoms with Crippen LogP contribution < -0.4 is 5.32 Å². The average Bonchev–Trinajstić information content (AvgIpc) is 2.13. The van der Waals surface area contributed by atoms with Gasteiger partial charge < -0.3 is 15.2 Å². The molecule has 0 amide bonds. The van der Waals surface area contributed by atoms with E-state index in [-0.39, 0.29) is 13.0 Å². The van der Waals surface area contributed by atoms with Crippen LogP contribution in [0.1, 0.15) is 19.3 Å². The summed E-state index contributed by atoms with van der Waals surface area (Å²) in [5.74, 6) is -0.839. The van der Waals surface area contributed by atoms with Crippen LogP contribution in [0.15, 0.2) is 0 Å². The molecule has 7 heteroatoms. The van der Waals surface area contributed by atoms with Crippen LogP contribution in [0.4, 0.5) is 13.2 Å². The Labute approximate surface area is 91.8 Å². The third kappa shape index (κ3) is 13.2.